The Morgan fingerprint density at radius 1 is 1.56 bits per heavy atom. The quantitative estimate of drug-likeness (QED) is 0.594. The lowest BCUT2D eigenvalue weighted by atomic mass is 10.1. The predicted octanol–water partition coefficient (Wildman–Crippen LogP) is 3.58. The third kappa shape index (κ3) is 6.08. The minimum Gasteiger partial charge on any atom is -0.493 e. The molecule has 2 rings (SSSR count). The molecule has 0 aromatic heterocycles. The number of carbonyl (C=O) groups is 1. The molecule has 1 aromatic carbocycles. The predicted molar refractivity (Wildman–Crippen MR) is 97.4 cm³/mol. The van der Waals surface area contributed by atoms with E-state index in [1.165, 1.54) is 6.08 Å². The molecule has 0 saturated carbocycles. The van der Waals surface area contributed by atoms with E-state index in [9.17, 15) is 10.1 Å². The van der Waals surface area contributed by atoms with Crippen molar-refractivity contribution in [2.24, 2.45) is 5.92 Å². The van der Waals surface area contributed by atoms with Gasteiger partial charge in [0.15, 0.2) is 0 Å². The van der Waals surface area contributed by atoms with E-state index in [2.05, 4.69) is 5.32 Å². The molecule has 1 heterocycles. The van der Waals surface area contributed by atoms with E-state index in [0.29, 0.717) is 35.4 Å². The van der Waals surface area contributed by atoms with E-state index in [0.717, 1.165) is 19.4 Å². The van der Waals surface area contributed by atoms with Crippen LogP contribution in [0.25, 0.3) is 6.08 Å². The number of amides is 1. The standard InChI is InChI=1S/C19H23ClN2O3/c1-13(2)12-25-18-6-5-16(20)9-14(18)8-15(10-21)19(23)22-11-17-4-3-7-24-17/h5-6,8-9,13,17H,3-4,7,11-12H2,1-2H3,(H,22,23)/b15-8+. The largest absolute Gasteiger partial charge is 0.493 e. The molecule has 1 aromatic rings. The molecule has 134 valence electrons. The summed E-state index contributed by atoms with van der Waals surface area (Å²) in [5.74, 6) is 0.531. The Balaban J connectivity index is 2.12. The summed E-state index contributed by atoms with van der Waals surface area (Å²) < 4.78 is 11.2. The summed E-state index contributed by atoms with van der Waals surface area (Å²) in [6, 6.07) is 7.10. The van der Waals surface area contributed by atoms with Crippen molar-refractivity contribution in [1.29, 1.82) is 5.26 Å². The van der Waals surface area contributed by atoms with Crippen LogP contribution in [0.4, 0.5) is 0 Å². The fraction of sp³-hybridized carbons (Fsp3) is 0.474. The molecule has 1 unspecified atom stereocenters. The number of nitrogens with one attached hydrogen (secondary N) is 1. The molecule has 1 amide bonds. The van der Waals surface area contributed by atoms with Gasteiger partial charge in [0.2, 0.25) is 0 Å². The maximum Gasteiger partial charge on any atom is 0.262 e. The van der Waals surface area contributed by atoms with E-state index in [1.807, 2.05) is 19.9 Å². The second-order valence-corrected chi connectivity index (χ2v) is 6.84. The highest BCUT2D eigenvalue weighted by atomic mass is 35.5. The van der Waals surface area contributed by atoms with Crippen molar-refractivity contribution in [2.75, 3.05) is 19.8 Å². The number of benzene rings is 1. The van der Waals surface area contributed by atoms with Gasteiger partial charge in [-0.2, -0.15) is 5.26 Å². The number of carbonyl (C=O) groups excluding carboxylic acids is 1. The van der Waals surface area contributed by atoms with E-state index >= 15 is 0 Å². The minimum absolute atomic E-state index is 0.00894. The van der Waals surface area contributed by atoms with Crippen LogP contribution in [0.15, 0.2) is 23.8 Å². The molecule has 1 atom stereocenters. The Hall–Kier alpha value is -2.03. The number of nitriles is 1. The lowest BCUT2D eigenvalue weighted by molar-refractivity contribution is -0.117. The molecule has 6 heteroatoms. The third-order valence-electron chi connectivity index (χ3n) is 3.72. The smallest absolute Gasteiger partial charge is 0.262 e. The average molecular weight is 363 g/mol. The first-order valence-electron chi connectivity index (χ1n) is 8.43. The molecule has 5 nitrogen and oxygen atoms in total. The zero-order valence-electron chi connectivity index (χ0n) is 14.5. The maximum atomic E-state index is 12.3. The first-order chi connectivity index (χ1) is 12.0. The van der Waals surface area contributed by atoms with Gasteiger partial charge in [-0.25, -0.2) is 0 Å². The minimum atomic E-state index is -0.423. The second-order valence-electron chi connectivity index (χ2n) is 6.40. The lowest BCUT2D eigenvalue weighted by Gasteiger charge is -2.13. The van der Waals surface area contributed by atoms with E-state index in [-0.39, 0.29) is 11.7 Å². The van der Waals surface area contributed by atoms with Crippen LogP contribution in [-0.2, 0) is 9.53 Å². The number of rotatable bonds is 7. The first-order valence-corrected chi connectivity index (χ1v) is 8.81. The number of hydrogen-bond acceptors (Lipinski definition) is 4. The molecule has 25 heavy (non-hydrogen) atoms. The molecule has 0 spiro atoms. The van der Waals surface area contributed by atoms with Gasteiger partial charge in [-0.1, -0.05) is 25.4 Å². The second kappa shape index (κ2) is 9.45. The molecular formula is C19H23ClN2O3. The monoisotopic (exact) mass is 362 g/mol. The van der Waals surface area contributed by atoms with Gasteiger partial charge in [-0.05, 0) is 43.0 Å². The summed E-state index contributed by atoms with van der Waals surface area (Å²) in [5.41, 5.74) is 0.617. The molecule has 0 bridgehead atoms. The van der Waals surface area contributed by atoms with Crippen LogP contribution in [0.3, 0.4) is 0 Å². The van der Waals surface area contributed by atoms with Crippen LogP contribution in [-0.4, -0.2) is 31.8 Å². The van der Waals surface area contributed by atoms with Gasteiger partial charge >= 0.3 is 0 Å². The van der Waals surface area contributed by atoms with E-state index in [4.69, 9.17) is 21.1 Å². The lowest BCUT2D eigenvalue weighted by Crippen LogP contribution is -2.32. The molecule has 1 aliphatic heterocycles. The number of halogens is 1. The van der Waals surface area contributed by atoms with Crippen molar-refractivity contribution in [3.8, 4) is 11.8 Å². The highest BCUT2D eigenvalue weighted by Crippen LogP contribution is 2.26. The van der Waals surface area contributed by atoms with Crippen LogP contribution in [0.2, 0.25) is 5.02 Å². The fourth-order valence-corrected chi connectivity index (χ4v) is 2.61. The van der Waals surface area contributed by atoms with Crippen LogP contribution >= 0.6 is 11.6 Å². The first kappa shape index (κ1) is 19.3. The third-order valence-corrected chi connectivity index (χ3v) is 3.96. The summed E-state index contributed by atoms with van der Waals surface area (Å²) in [7, 11) is 0. The van der Waals surface area contributed by atoms with Crippen molar-refractivity contribution >= 4 is 23.6 Å². The summed E-state index contributed by atoms with van der Waals surface area (Å²) in [6.45, 7) is 5.76. The molecule has 0 radical (unpaired) electrons. The Kier molecular flexibility index (Phi) is 7.30. The molecule has 1 N–H and O–H groups in total. The summed E-state index contributed by atoms with van der Waals surface area (Å²) in [5, 5.41) is 12.6. The van der Waals surface area contributed by atoms with Crippen molar-refractivity contribution in [1.82, 2.24) is 5.32 Å². The van der Waals surface area contributed by atoms with E-state index < -0.39 is 5.91 Å². The molecule has 1 aliphatic rings. The SMILES string of the molecule is CC(C)COc1ccc(Cl)cc1/C=C(\C#N)C(=O)NCC1CCCO1. The highest BCUT2D eigenvalue weighted by Gasteiger charge is 2.18. The normalized spacial score (nSPS) is 17.4. The van der Waals surface area contributed by atoms with Crippen molar-refractivity contribution in [2.45, 2.75) is 32.8 Å². The van der Waals surface area contributed by atoms with Crippen molar-refractivity contribution < 1.29 is 14.3 Å². The zero-order valence-corrected chi connectivity index (χ0v) is 15.3. The van der Waals surface area contributed by atoms with Gasteiger partial charge in [0.05, 0.1) is 12.7 Å². The van der Waals surface area contributed by atoms with Crippen LogP contribution in [0.5, 0.6) is 5.75 Å². The van der Waals surface area contributed by atoms with Crippen molar-refractivity contribution in [3.63, 3.8) is 0 Å². The Labute approximate surface area is 153 Å². The fourth-order valence-electron chi connectivity index (χ4n) is 2.43. The van der Waals surface area contributed by atoms with Crippen LogP contribution in [0, 0.1) is 17.2 Å². The Bertz CT molecular complexity index is 674. The maximum absolute atomic E-state index is 12.3. The summed E-state index contributed by atoms with van der Waals surface area (Å²) in [6.07, 6.45) is 3.46. The average Bonchev–Trinajstić information content (AvgIpc) is 3.10. The summed E-state index contributed by atoms with van der Waals surface area (Å²) in [4.78, 5) is 12.3. The zero-order chi connectivity index (χ0) is 18.2. The van der Waals surface area contributed by atoms with Crippen LogP contribution < -0.4 is 10.1 Å². The topological polar surface area (TPSA) is 71.3 Å². The molecule has 1 saturated heterocycles. The number of nitrogens with zero attached hydrogens (tertiary/aromatic N) is 1. The number of hydrogen-bond donors (Lipinski definition) is 1. The number of ether oxygens (including phenoxy) is 2. The van der Waals surface area contributed by atoms with Gasteiger partial charge in [-0.3, -0.25) is 4.79 Å². The molecule has 1 fully saturated rings. The molecular weight excluding hydrogens is 340 g/mol. The van der Waals surface area contributed by atoms with Gasteiger partial charge in [0.25, 0.3) is 5.91 Å². The van der Waals surface area contributed by atoms with E-state index in [1.54, 1.807) is 18.2 Å². The van der Waals surface area contributed by atoms with Gasteiger partial charge in [-0.15, -0.1) is 0 Å². The van der Waals surface area contributed by atoms with Gasteiger partial charge in [0.1, 0.15) is 17.4 Å². The Morgan fingerprint density at radius 2 is 2.36 bits per heavy atom. The van der Waals surface area contributed by atoms with Gasteiger partial charge in [0, 0.05) is 23.7 Å². The van der Waals surface area contributed by atoms with Crippen molar-refractivity contribution in [3.05, 3.63) is 34.4 Å². The highest BCUT2D eigenvalue weighted by molar-refractivity contribution is 6.30. The Morgan fingerprint density at radius 3 is 3.00 bits per heavy atom. The molecule has 0 aliphatic carbocycles. The summed E-state index contributed by atoms with van der Waals surface area (Å²) >= 11 is 6.05. The van der Waals surface area contributed by atoms with Crippen LogP contribution in [0.1, 0.15) is 32.3 Å². The van der Waals surface area contributed by atoms with Gasteiger partial charge < -0.3 is 14.8 Å².